The molecule has 0 aromatic carbocycles. The van der Waals surface area contributed by atoms with Gasteiger partial charge in [0, 0.05) is 0 Å². The fourth-order valence-electron chi connectivity index (χ4n) is 1.29. The van der Waals surface area contributed by atoms with Crippen LogP contribution in [0.15, 0.2) is 0 Å². The minimum Gasteiger partial charge on any atom is -0.438 e. The summed E-state index contributed by atoms with van der Waals surface area (Å²) in [5, 5.41) is 0. The Morgan fingerprint density at radius 3 is 1.31 bits per heavy atom. The van der Waals surface area contributed by atoms with Crippen molar-refractivity contribution in [3.63, 3.8) is 0 Å². The highest BCUT2D eigenvalue weighted by Crippen LogP contribution is 2.12. The largest absolute Gasteiger partial charge is 0.438 e. The van der Waals surface area contributed by atoms with Crippen LogP contribution in [-0.2, 0) is 4.12 Å². The van der Waals surface area contributed by atoms with Crippen LogP contribution in [0.5, 0.6) is 0 Å². The first-order valence-electron chi connectivity index (χ1n) is 4.41. The minimum absolute atomic E-state index is 1.78. The smallest absolute Gasteiger partial charge is 0.256 e. The summed E-state index contributed by atoms with van der Waals surface area (Å²) in [6.07, 6.45) is 0. The van der Waals surface area contributed by atoms with Crippen LogP contribution in [0.4, 0.5) is 0 Å². The van der Waals surface area contributed by atoms with Crippen molar-refractivity contribution in [2.45, 2.75) is 40.0 Å². The van der Waals surface area contributed by atoms with Crippen LogP contribution in [0.25, 0.3) is 0 Å². The standard InChI is InChI=1S/C10H18OSi2/c1-7-9-12(3,4)11-13(5,6)10-8-2/h1-6H3. The van der Waals surface area contributed by atoms with Gasteiger partial charge in [0.25, 0.3) is 16.6 Å². The fraction of sp³-hybridized carbons (Fsp3) is 0.600. The van der Waals surface area contributed by atoms with Gasteiger partial charge < -0.3 is 4.12 Å². The Morgan fingerprint density at radius 1 is 0.769 bits per heavy atom. The molecule has 0 aromatic heterocycles. The molecule has 0 aromatic rings. The molecular weight excluding hydrogens is 192 g/mol. The van der Waals surface area contributed by atoms with Gasteiger partial charge in [-0.15, -0.1) is 11.8 Å². The third kappa shape index (κ3) is 5.71. The van der Waals surface area contributed by atoms with Gasteiger partial charge in [0.2, 0.25) is 0 Å². The van der Waals surface area contributed by atoms with Crippen LogP contribution in [0.1, 0.15) is 13.8 Å². The topological polar surface area (TPSA) is 9.23 Å². The van der Waals surface area contributed by atoms with Crippen LogP contribution in [0.2, 0.25) is 26.2 Å². The highest BCUT2D eigenvalue weighted by Gasteiger charge is 2.30. The highest BCUT2D eigenvalue weighted by molar-refractivity contribution is 6.92. The molecule has 0 saturated carbocycles. The summed E-state index contributed by atoms with van der Waals surface area (Å²) in [6, 6.07) is 0. The van der Waals surface area contributed by atoms with E-state index < -0.39 is 16.6 Å². The van der Waals surface area contributed by atoms with E-state index >= 15 is 0 Å². The van der Waals surface area contributed by atoms with Crippen molar-refractivity contribution in [1.82, 2.24) is 0 Å². The predicted molar refractivity (Wildman–Crippen MR) is 62.9 cm³/mol. The maximum Gasteiger partial charge on any atom is 0.256 e. The zero-order valence-electron chi connectivity index (χ0n) is 9.41. The molecule has 0 aliphatic carbocycles. The first kappa shape index (κ1) is 12.5. The number of hydrogen-bond donors (Lipinski definition) is 0. The fourth-order valence-corrected chi connectivity index (χ4v) is 8.01. The molecule has 0 spiro atoms. The van der Waals surface area contributed by atoms with E-state index in [4.69, 9.17) is 4.12 Å². The summed E-state index contributed by atoms with van der Waals surface area (Å²) in [7, 11) is -3.56. The van der Waals surface area contributed by atoms with E-state index in [9.17, 15) is 0 Å². The lowest BCUT2D eigenvalue weighted by Gasteiger charge is -2.25. The first-order valence-corrected chi connectivity index (χ1v) is 10.2. The molecule has 0 amide bonds. The van der Waals surface area contributed by atoms with Crippen molar-refractivity contribution in [3.8, 4) is 22.9 Å². The molecule has 0 bridgehead atoms. The van der Waals surface area contributed by atoms with E-state index in [2.05, 4.69) is 49.1 Å². The average Bonchev–Trinajstić information content (AvgIpc) is 1.82. The van der Waals surface area contributed by atoms with Crippen molar-refractivity contribution in [2.24, 2.45) is 0 Å². The molecule has 0 radical (unpaired) electrons. The third-order valence-corrected chi connectivity index (χ3v) is 7.15. The van der Waals surface area contributed by atoms with Crippen LogP contribution >= 0.6 is 0 Å². The van der Waals surface area contributed by atoms with Gasteiger partial charge in [-0.1, -0.05) is 11.1 Å². The van der Waals surface area contributed by atoms with Gasteiger partial charge in [-0.2, -0.15) is 0 Å². The van der Waals surface area contributed by atoms with Crippen LogP contribution in [0.3, 0.4) is 0 Å². The zero-order valence-corrected chi connectivity index (χ0v) is 11.4. The summed E-state index contributed by atoms with van der Waals surface area (Å²) in [6.45, 7) is 12.2. The molecule has 0 unspecified atom stereocenters. The van der Waals surface area contributed by atoms with Gasteiger partial charge in [-0.3, -0.25) is 0 Å². The van der Waals surface area contributed by atoms with Gasteiger partial charge in [0.15, 0.2) is 0 Å². The lowest BCUT2D eigenvalue weighted by atomic mass is 10.8. The second kappa shape index (κ2) is 4.67. The Balaban J connectivity index is 4.54. The zero-order chi connectivity index (χ0) is 10.5. The Bertz CT molecular complexity index is 254. The summed E-state index contributed by atoms with van der Waals surface area (Å²) >= 11 is 0. The Kier molecular flexibility index (Phi) is 4.49. The Labute approximate surface area is 84.1 Å². The molecule has 0 saturated heterocycles. The lowest BCUT2D eigenvalue weighted by Crippen LogP contribution is -2.43. The van der Waals surface area contributed by atoms with Crippen LogP contribution in [-0.4, -0.2) is 16.6 Å². The van der Waals surface area contributed by atoms with Gasteiger partial charge in [0.05, 0.1) is 0 Å². The monoisotopic (exact) mass is 210 g/mol. The SMILES string of the molecule is CC#C[Si](C)(C)O[Si](C)(C)C#CC. The minimum atomic E-state index is -1.78. The van der Waals surface area contributed by atoms with Crippen molar-refractivity contribution in [3.05, 3.63) is 0 Å². The summed E-state index contributed by atoms with van der Waals surface area (Å²) < 4.78 is 6.04. The average molecular weight is 210 g/mol. The first-order chi connectivity index (χ1) is 5.83. The van der Waals surface area contributed by atoms with Gasteiger partial charge in [0.1, 0.15) is 0 Å². The lowest BCUT2D eigenvalue weighted by molar-refractivity contribution is 0.576. The van der Waals surface area contributed by atoms with Crippen molar-refractivity contribution in [1.29, 1.82) is 0 Å². The van der Waals surface area contributed by atoms with E-state index in [-0.39, 0.29) is 0 Å². The molecular formula is C10H18OSi2. The van der Waals surface area contributed by atoms with Crippen molar-refractivity contribution < 1.29 is 4.12 Å². The van der Waals surface area contributed by atoms with Gasteiger partial charge in [-0.05, 0) is 40.0 Å². The van der Waals surface area contributed by atoms with E-state index in [1.165, 1.54) is 0 Å². The normalized spacial score (nSPS) is 10.9. The quantitative estimate of drug-likeness (QED) is 0.503. The van der Waals surface area contributed by atoms with E-state index in [0.717, 1.165) is 0 Å². The molecule has 72 valence electrons. The van der Waals surface area contributed by atoms with Crippen LogP contribution in [0, 0.1) is 22.9 Å². The molecule has 0 N–H and O–H groups in total. The van der Waals surface area contributed by atoms with Crippen molar-refractivity contribution in [2.75, 3.05) is 0 Å². The van der Waals surface area contributed by atoms with E-state index in [0.29, 0.717) is 0 Å². The molecule has 13 heavy (non-hydrogen) atoms. The molecule has 1 nitrogen and oxygen atoms in total. The number of hydrogen-bond acceptors (Lipinski definition) is 1. The van der Waals surface area contributed by atoms with E-state index in [1.54, 1.807) is 0 Å². The summed E-state index contributed by atoms with van der Waals surface area (Å²) in [5.41, 5.74) is 6.34. The molecule has 0 heterocycles. The maximum absolute atomic E-state index is 6.04. The second-order valence-corrected chi connectivity index (χ2v) is 11.2. The van der Waals surface area contributed by atoms with Crippen LogP contribution < -0.4 is 0 Å². The Morgan fingerprint density at radius 2 is 1.08 bits per heavy atom. The molecule has 0 fully saturated rings. The second-order valence-electron chi connectivity index (χ2n) is 3.87. The van der Waals surface area contributed by atoms with E-state index in [1.807, 2.05) is 13.8 Å². The molecule has 3 heteroatoms. The maximum atomic E-state index is 6.04. The van der Waals surface area contributed by atoms with Gasteiger partial charge >= 0.3 is 0 Å². The third-order valence-electron chi connectivity index (χ3n) is 1.36. The predicted octanol–water partition coefficient (Wildman–Crippen LogP) is 2.54. The highest BCUT2D eigenvalue weighted by atomic mass is 28.4. The summed E-state index contributed by atoms with van der Waals surface area (Å²) in [5.74, 6) is 5.87. The summed E-state index contributed by atoms with van der Waals surface area (Å²) in [4.78, 5) is 0. The molecule has 0 aliphatic rings. The molecule has 0 aliphatic heterocycles. The Hall–Kier alpha value is -0.486. The number of rotatable bonds is 2. The molecule has 0 rings (SSSR count). The van der Waals surface area contributed by atoms with Gasteiger partial charge in [-0.25, -0.2) is 0 Å². The van der Waals surface area contributed by atoms with Crippen molar-refractivity contribution >= 4 is 16.6 Å². The molecule has 0 atom stereocenters.